The van der Waals surface area contributed by atoms with Gasteiger partial charge < -0.3 is 10.0 Å². The summed E-state index contributed by atoms with van der Waals surface area (Å²) in [6, 6.07) is 0. The summed E-state index contributed by atoms with van der Waals surface area (Å²) in [6.07, 6.45) is -3.70. The number of rotatable bonds is 6. The van der Waals surface area contributed by atoms with E-state index >= 15 is 0 Å². The van der Waals surface area contributed by atoms with Gasteiger partial charge >= 0.3 is 6.18 Å². The Morgan fingerprint density at radius 3 is 2.36 bits per heavy atom. The van der Waals surface area contributed by atoms with Crippen LogP contribution in [0.25, 0.3) is 0 Å². The number of halogens is 4. The molecule has 0 radical (unpaired) electrons. The molecule has 1 N–H and O–H groups in total. The molecule has 0 aromatic heterocycles. The third kappa shape index (κ3) is 5.82. The van der Waals surface area contributed by atoms with Crippen molar-refractivity contribution in [2.45, 2.75) is 24.3 Å². The van der Waals surface area contributed by atoms with Gasteiger partial charge in [-0.25, -0.2) is 0 Å². The molecular weight excluding hydrogens is 263 g/mol. The zero-order valence-electron chi connectivity index (χ0n) is 8.02. The van der Waals surface area contributed by atoms with Crippen molar-refractivity contribution in [2.24, 2.45) is 0 Å². The van der Waals surface area contributed by atoms with Crippen molar-refractivity contribution < 1.29 is 18.3 Å². The Morgan fingerprint density at radius 2 is 2.00 bits per heavy atom. The molecule has 14 heavy (non-hydrogen) atoms. The van der Waals surface area contributed by atoms with Gasteiger partial charge in [0.05, 0.1) is 0 Å². The maximum absolute atomic E-state index is 12.1. The molecular formula is C8H15BrF3NO. The topological polar surface area (TPSA) is 23.5 Å². The smallest absolute Gasteiger partial charge is 0.396 e. The maximum atomic E-state index is 12.1. The number of aliphatic hydroxyl groups excluding tert-OH is 1. The van der Waals surface area contributed by atoms with Crippen LogP contribution in [0.2, 0.25) is 0 Å². The number of nitrogens with zero attached hydrogens (tertiary/aromatic N) is 1. The lowest BCUT2D eigenvalue weighted by atomic mass is 10.3. The van der Waals surface area contributed by atoms with Gasteiger partial charge in [-0.15, -0.1) is 0 Å². The van der Waals surface area contributed by atoms with Crippen LogP contribution in [0.4, 0.5) is 13.2 Å². The zero-order valence-corrected chi connectivity index (χ0v) is 9.61. The summed E-state index contributed by atoms with van der Waals surface area (Å²) >= 11 is 2.60. The van der Waals surface area contributed by atoms with Crippen molar-refractivity contribution in [3.8, 4) is 0 Å². The van der Waals surface area contributed by atoms with Crippen LogP contribution in [-0.4, -0.2) is 47.3 Å². The highest BCUT2D eigenvalue weighted by Crippen LogP contribution is 2.26. The first-order chi connectivity index (χ1) is 6.41. The standard InChI is InChI=1S/C8H15BrF3NO/c1-2-13(4-3-5-14)6-7(9)8(10,11)12/h7,14H,2-6H2,1H3. The van der Waals surface area contributed by atoms with Gasteiger partial charge in [-0.05, 0) is 13.0 Å². The summed E-state index contributed by atoms with van der Waals surface area (Å²) in [7, 11) is 0. The van der Waals surface area contributed by atoms with Crippen molar-refractivity contribution in [2.75, 3.05) is 26.2 Å². The third-order valence-electron chi connectivity index (χ3n) is 1.85. The second-order valence-corrected chi connectivity index (χ2v) is 4.08. The van der Waals surface area contributed by atoms with E-state index in [1.165, 1.54) is 0 Å². The number of hydrogen-bond donors (Lipinski definition) is 1. The molecule has 0 aliphatic carbocycles. The molecule has 1 unspecified atom stereocenters. The van der Waals surface area contributed by atoms with Crippen LogP contribution in [0.5, 0.6) is 0 Å². The van der Waals surface area contributed by atoms with Gasteiger partial charge in [0.25, 0.3) is 0 Å². The van der Waals surface area contributed by atoms with E-state index in [9.17, 15) is 13.2 Å². The Balaban J connectivity index is 3.92. The molecule has 0 rings (SSSR count). The third-order valence-corrected chi connectivity index (χ3v) is 2.66. The first kappa shape index (κ1) is 14.2. The molecule has 86 valence electrons. The van der Waals surface area contributed by atoms with Crippen LogP contribution in [0.1, 0.15) is 13.3 Å². The molecule has 0 aliphatic heterocycles. The molecule has 0 heterocycles. The monoisotopic (exact) mass is 277 g/mol. The van der Waals surface area contributed by atoms with E-state index in [0.717, 1.165) is 0 Å². The van der Waals surface area contributed by atoms with E-state index in [1.807, 2.05) is 0 Å². The van der Waals surface area contributed by atoms with Crippen molar-refractivity contribution in [1.29, 1.82) is 0 Å². The van der Waals surface area contributed by atoms with Crippen LogP contribution in [0, 0.1) is 0 Å². The highest BCUT2D eigenvalue weighted by atomic mass is 79.9. The maximum Gasteiger partial charge on any atom is 0.402 e. The zero-order chi connectivity index (χ0) is 11.2. The Labute approximate surface area is 90.2 Å². The minimum Gasteiger partial charge on any atom is -0.396 e. The van der Waals surface area contributed by atoms with Crippen molar-refractivity contribution in [3.63, 3.8) is 0 Å². The highest BCUT2D eigenvalue weighted by Gasteiger charge is 2.38. The fraction of sp³-hybridized carbons (Fsp3) is 1.00. The van der Waals surface area contributed by atoms with Crippen LogP contribution >= 0.6 is 15.9 Å². The first-order valence-corrected chi connectivity index (χ1v) is 5.37. The van der Waals surface area contributed by atoms with E-state index in [2.05, 4.69) is 15.9 Å². The van der Waals surface area contributed by atoms with Crippen molar-refractivity contribution in [3.05, 3.63) is 0 Å². The minimum atomic E-state index is -4.20. The van der Waals surface area contributed by atoms with Crippen LogP contribution in [-0.2, 0) is 0 Å². The second-order valence-electron chi connectivity index (χ2n) is 2.98. The average molecular weight is 278 g/mol. The van der Waals surface area contributed by atoms with Gasteiger partial charge in [0, 0.05) is 19.7 Å². The van der Waals surface area contributed by atoms with Crippen LogP contribution < -0.4 is 0 Å². The van der Waals surface area contributed by atoms with E-state index in [4.69, 9.17) is 5.11 Å². The van der Waals surface area contributed by atoms with Crippen molar-refractivity contribution in [1.82, 2.24) is 4.90 Å². The Hall–Kier alpha value is 0.190. The molecule has 0 aromatic rings. The molecule has 0 spiro atoms. The lowest BCUT2D eigenvalue weighted by Crippen LogP contribution is -2.38. The first-order valence-electron chi connectivity index (χ1n) is 4.45. The number of aliphatic hydroxyl groups is 1. The summed E-state index contributed by atoms with van der Waals surface area (Å²) in [4.78, 5) is 0.164. The summed E-state index contributed by atoms with van der Waals surface area (Å²) in [5.74, 6) is 0. The summed E-state index contributed by atoms with van der Waals surface area (Å²) in [5, 5.41) is 8.54. The molecule has 1 atom stereocenters. The van der Waals surface area contributed by atoms with E-state index < -0.39 is 11.0 Å². The van der Waals surface area contributed by atoms with E-state index in [-0.39, 0.29) is 13.2 Å². The Bertz CT molecular complexity index is 154. The molecule has 0 saturated heterocycles. The molecule has 0 aromatic carbocycles. The predicted octanol–water partition coefficient (Wildman–Crippen LogP) is 2.02. The van der Waals surface area contributed by atoms with Gasteiger partial charge in [-0.3, -0.25) is 0 Å². The largest absolute Gasteiger partial charge is 0.402 e. The van der Waals surface area contributed by atoms with Gasteiger partial charge in [0.2, 0.25) is 0 Å². The van der Waals surface area contributed by atoms with E-state index in [0.29, 0.717) is 19.5 Å². The highest BCUT2D eigenvalue weighted by molar-refractivity contribution is 9.09. The lowest BCUT2D eigenvalue weighted by molar-refractivity contribution is -0.130. The summed E-state index contributed by atoms with van der Waals surface area (Å²) < 4.78 is 36.4. The second kappa shape index (κ2) is 6.63. The van der Waals surface area contributed by atoms with Gasteiger partial charge in [0.1, 0.15) is 4.83 Å². The average Bonchev–Trinajstić information content (AvgIpc) is 2.10. The lowest BCUT2D eigenvalue weighted by Gasteiger charge is -2.24. The van der Waals surface area contributed by atoms with Crippen LogP contribution in [0.3, 0.4) is 0 Å². The molecule has 0 bridgehead atoms. The molecule has 0 fully saturated rings. The Kier molecular flexibility index (Phi) is 6.72. The normalized spacial score (nSPS) is 14.8. The molecule has 0 amide bonds. The molecule has 6 heteroatoms. The SMILES string of the molecule is CCN(CCCO)CC(Br)C(F)(F)F. The van der Waals surface area contributed by atoms with Gasteiger partial charge in [-0.1, -0.05) is 22.9 Å². The van der Waals surface area contributed by atoms with Crippen molar-refractivity contribution >= 4 is 15.9 Å². The fourth-order valence-corrected chi connectivity index (χ4v) is 1.41. The summed E-state index contributed by atoms with van der Waals surface area (Å²) in [6.45, 7) is 2.78. The van der Waals surface area contributed by atoms with Gasteiger partial charge in [-0.2, -0.15) is 13.2 Å². The molecule has 0 saturated carbocycles. The molecule has 0 aliphatic rings. The number of hydrogen-bond acceptors (Lipinski definition) is 2. The summed E-state index contributed by atoms with van der Waals surface area (Å²) in [5.41, 5.74) is 0. The Morgan fingerprint density at radius 1 is 1.43 bits per heavy atom. The van der Waals surface area contributed by atoms with Gasteiger partial charge in [0.15, 0.2) is 0 Å². The number of alkyl halides is 4. The molecule has 2 nitrogen and oxygen atoms in total. The van der Waals surface area contributed by atoms with Crippen LogP contribution in [0.15, 0.2) is 0 Å². The minimum absolute atomic E-state index is 0.00940. The predicted molar refractivity (Wildman–Crippen MR) is 52.6 cm³/mol. The quantitative estimate of drug-likeness (QED) is 0.751. The fourth-order valence-electron chi connectivity index (χ4n) is 1.00. The van der Waals surface area contributed by atoms with E-state index in [1.54, 1.807) is 11.8 Å².